The summed E-state index contributed by atoms with van der Waals surface area (Å²) in [4.78, 5) is 13.8. The van der Waals surface area contributed by atoms with Crippen LogP contribution in [0.15, 0.2) is 0 Å². The Hall–Kier alpha value is -0.610. The third-order valence-electron chi connectivity index (χ3n) is 3.12. The van der Waals surface area contributed by atoms with Crippen LogP contribution in [0.4, 0.5) is 0 Å². The molecule has 1 aliphatic carbocycles. The van der Waals surface area contributed by atoms with Crippen molar-refractivity contribution in [3.63, 3.8) is 0 Å². The van der Waals surface area contributed by atoms with Crippen molar-refractivity contribution >= 4 is 5.97 Å². The van der Waals surface area contributed by atoms with Crippen LogP contribution in [0.2, 0.25) is 0 Å². The second-order valence-corrected chi connectivity index (χ2v) is 5.26. The zero-order valence-corrected chi connectivity index (χ0v) is 10.9. The van der Waals surface area contributed by atoms with Gasteiger partial charge in [0.1, 0.15) is 0 Å². The molecule has 0 aromatic rings. The van der Waals surface area contributed by atoms with E-state index in [9.17, 15) is 4.79 Å². The standard InChI is InChI=1S/C12H24N2O2/c1-12(2,11(15)16-4)9-13-7-8-14(3)10-5-6-10/h10,13H,5-9H2,1-4H3. The Morgan fingerprint density at radius 3 is 2.62 bits per heavy atom. The molecule has 0 unspecified atom stereocenters. The van der Waals surface area contributed by atoms with Gasteiger partial charge in [-0.15, -0.1) is 0 Å². The fourth-order valence-corrected chi connectivity index (χ4v) is 1.70. The smallest absolute Gasteiger partial charge is 0.312 e. The Morgan fingerprint density at radius 1 is 1.50 bits per heavy atom. The summed E-state index contributed by atoms with van der Waals surface area (Å²) in [5, 5.41) is 3.31. The summed E-state index contributed by atoms with van der Waals surface area (Å²) in [5.74, 6) is -0.157. The highest BCUT2D eigenvalue weighted by Gasteiger charge is 2.28. The summed E-state index contributed by atoms with van der Waals surface area (Å²) in [6, 6.07) is 0.801. The van der Waals surface area contributed by atoms with Gasteiger partial charge in [-0.1, -0.05) is 0 Å². The number of hydrogen-bond donors (Lipinski definition) is 1. The normalized spacial score (nSPS) is 16.6. The summed E-state index contributed by atoms with van der Waals surface area (Å²) in [6.45, 7) is 6.43. The van der Waals surface area contributed by atoms with E-state index in [1.165, 1.54) is 20.0 Å². The van der Waals surface area contributed by atoms with Crippen LogP contribution >= 0.6 is 0 Å². The lowest BCUT2D eigenvalue weighted by Crippen LogP contribution is -2.40. The number of likely N-dealkylation sites (N-methyl/N-ethyl adjacent to an activating group) is 1. The van der Waals surface area contributed by atoms with Crippen molar-refractivity contribution in [2.24, 2.45) is 5.41 Å². The maximum absolute atomic E-state index is 11.4. The summed E-state index contributed by atoms with van der Waals surface area (Å²) in [7, 11) is 3.59. The van der Waals surface area contributed by atoms with Crippen LogP contribution in [-0.2, 0) is 9.53 Å². The van der Waals surface area contributed by atoms with Crippen LogP contribution in [0.5, 0.6) is 0 Å². The lowest BCUT2D eigenvalue weighted by Gasteiger charge is -2.23. The first-order chi connectivity index (χ1) is 7.47. The molecule has 4 heteroatoms. The Labute approximate surface area is 98.3 Å². The van der Waals surface area contributed by atoms with Crippen molar-refractivity contribution in [1.82, 2.24) is 10.2 Å². The van der Waals surface area contributed by atoms with E-state index in [1.807, 2.05) is 13.8 Å². The van der Waals surface area contributed by atoms with Crippen molar-refractivity contribution in [2.75, 3.05) is 33.8 Å². The summed E-state index contributed by atoms with van der Waals surface area (Å²) >= 11 is 0. The first-order valence-corrected chi connectivity index (χ1v) is 5.97. The van der Waals surface area contributed by atoms with Crippen molar-refractivity contribution in [3.8, 4) is 0 Å². The molecule has 0 bridgehead atoms. The number of methoxy groups -OCH3 is 1. The molecule has 1 fully saturated rings. The Bertz CT molecular complexity index is 237. The molecule has 0 saturated heterocycles. The average Bonchev–Trinajstić information content (AvgIpc) is 3.06. The molecule has 1 aliphatic rings. The van der Waals surface area contributed by atoms with Crippen molar-refractivity contribution in [2.45, 2.75) is 32.7 Å². The molecule has 0 aromatic heterocycles. The SMILES string of the molecule is COC(=O)C(C)(C)CNCCN(C)C1CC1. The van der Waals surface area contributed by atoms with Crippen molar-refractivity contribution < 1.29 is 9.53 Å². The molecule has 0 atom stereocenters. The second-order valence-electron chi connectivity index (χ2n) is 5.26. The highest BCUT2D eigenvalue weighted by atomic mass is 16.5. The van der Waals surface area contributed by atoms with E-state index in [4.69, 9.17) is 4.74 Å². The topological polar surface area (TPSA) is 41.6 Å². The summed E-state index contributed by atoms with van der Waals surface area (Å²) in [6.07, 6.45) is 2.67. The van der Waals surface area contributed by atoms with Gasteiger partial charge in [-0.3, -0.25) is 4.79 Å². The van der Waals surface area contributed by atoms with Crippen LogP contribution in [0.25, 0.3) is 0 Å². The average molecular weight is 228 g/mol. The third kappa shape index (κ3) is 4.10. The highest BCUT2D eigenvalue weighted by Crippen LogP contribution is 2.24. The molecule has 1 rings (SSSR count). The predicted molar refractivity (Wildman–Crippen MR) is 64.3 cm³/mol. The number of ether oxygens (including phenoxy) is 1. The number of carbonyl (C=O) groups excluding carboxylic acids is 1. The van der Waals surface area contributed by atoms with Gasteiger partial charge >= 0.3 is 5.97 Å². The molecular weight excluding hydrogens is 204 g/mol. The highest BCUT2D eigenvalue weighted by molar-refractivity contribution is 5.76. The van der Waals surface area contributed by atoms with E-state index in [-0.39, 0.29) is 5.97 Å². The first-order valence-electron chi connectivity index (χ1n) is 5.97. The van der Waals surface area contributed by atoms with E-state index < -0.39 is 5.41 Å². The lowest BCUT2D eigenvalue weighted by atomic mass is 9.94. The van der Waals surface area contributed by atoms with Gasteiger partial charge in [0.15, 0.2) is 0 Å². The summed E-state index contributed by atoms with van der Waals surface area (Å²) < 4.78 is 4.75. The minimum atomic E-state index is -0.438. The van der Waals surface area contributed by atoms with Crippen LogP contribution in [0.1, 0.15) is 26.7 Å². The van der Waals surface area contributed by atoms with Crippen LogP contribution in [0, 0.1) is 5.41 Å². The maximum Gasteiger partial charge on any atom is 0.312 e. The molecule has 0 heterocycles. The molecule has 0 aliphatic heterocycles. The number of nitrogens with one attached hydrogen (secondary N) is 1. The molecule has 94 valence electrons. The second kappa shape index (κ2) is 5.64. The van der Waals surface area contributed by atoms with Crippen molar-refractivity contribution in [1.29, 1.82) is 0 Å². The molecule has 16 heavy (non-hydrogen) atoms. The molecular formula is C12H24N2O2. The van der Waals surface area contributed by atoms with Gasteiger partial charge in [-0.25, -0.2) is 0 Å². The van der Waals surface area contributed by atoms with Gasteiger partial charge in [0, 0.05) is 25.7 Å². The van der Waals surface area contributed by atoms with Gasteiger partial charge in [0.05, 0.1) is 12.5 Å². The van der Waals surface area contributed by atoms with Crippen LogP contribution in [-0.4, -0.2) is 50.7 Å². The van der Waals surface area contributed by atoms with Gasteiger partial charge in [-0.2, -0.15) is 0 Å². The molecule has 0 spiro atoms. The maximum atomic E-state index is 11.4. The molecule has 1 saturated carbocycles. The minimum absolute atomic E-state index is 0.157. The van der Waals surface area contributed by atoms with E-state index in [1.54, 1.807) is 0 Å². The predicted octanol–water partition coefficient (Wildman–Crippen LogP) is 0.869. The molecule has 0 radical (unpaired) electrons. The van der Waals surface area contributed by atoms with Gasteiger partial charge in [-0.05, 0) is 33.7 Å². The van der Waals surface area contributed by atoms with E-state index in [0.717, 1.165) is 19.1 Å². The monoisotopic (exact) mass is 228 g/mol. The van der Waals surface area contributed by atoms with Gasteiger partial charge in [0.2, 0.25) is 0 Å². The molecule has 4 nitrogen and oxygen atoms in total. The fraction of sp³-hybridized carbons (Fsp3) is 0.917. The zero-order chi connectivity index (χ0) is 12.2. The molecule has 0 amide bonds. The van der Waals surface area contributed by atoms with Crippen molar-refractivity contribution in [3.05, 3.63) is 0 Å². The van der Waals surface area contributed by atoms with Gasteiger partial charge in [0.25, 0.3) is 0 Å². The molecule has 1 N–H and O–H groups in total. The van der Waals surface area contributed by atoms with Crippen LogP contribution < -0.4 is 5.32 Å². The Balaban J connectivity index is 2.11. The number of rotatable bonds is 7. The number of nitrogens with zero attached hydrogens (tertiary/aromatic N) is 1. The number of hydrogen-bond acceptors (Lipinski definition) is 4. The Kier molecular flexibility index (Phi) is 4.74. The Morgan fingerprint density at radius 2 is 2.12 bits per heavy atom. The summed E-state index contributed by atoms with van der Waals surface area (Å²) in [5.41, 5.74) is -0.438. The number of esters is 1. The van der Waals surface area contributed by atoms with Crippen LogP contribution in [0.3, 0.4) is 0 Å². The van der Waals surface area contributed by atoms with E-state index >= 15 is 0 Å². The lowest BCUT2D eigenvalue weighted by molar-refractivity contribution is -0.150. The molecule has 0 aromatic carbocycles. The number of carbonyl (C=O) groups is 1. The quantitative estimate of drug-likeness (QED) is 0.518. The zero-order valence-electron chi connectivity index (χ0n) is 10.9. The van der Waals surface area contributed by atoms with E-state index in [2.05, 4.69) is 17.3 Å². The largest absolute Gasteiger partial charge is 0.469 e. The third-order valence-corrected chi connectivity index (χ3v) is 3.12. The fourth-order valence-electron chi connectivity index (χ4n) is 1.70. The minimum Gasteiger partial charge on any atom is -0.469 e. The van der Waals surface area contributed by atoms with Gasteiger partial charge < -0.3 is 15.0 Å². The first kappa shape index (κ1) is 13.5. The van der Waals surface area contributed by atoms with E-state index in [0.29, 0.717) is 6.54 Å².